The zero-order chi connectivity index (χ0) is 16.5. The van der Waals surface area contributed by atoms with Gasteiger partial charge >= 0.3 is 0 Å². The molecule has 0 amide bonds. The normalized spacial score (nSPS) is 16.0. The molecule has 124 valence electrons. The fourth-order valence-corrected chi connectivity index (χ4v) is 3.49. The minimum absolute atomic E-state index is 0.859. The van der Waals surface area contributed by atoms with E-state index in [1.54, 1.807) is 0 Å². The number of fused-ring (bicyclic) bond motifs is 1. The average molecular weight is 321 g/mol. The summed E-state index contributed by atoms with van der Waals surface area (Å²) < 4.78 is 5.42. The summed E-state index contributed by atoms with van der Waals surface area (Å²) >= 11 is 0. The number of aromatic nitrogens is 1. The Labute approximate surface area is 142 Å². The Morgan fingerprint density at radius 2 is 1.75 bits per heavy atom. The largest absolute Gasteiger partial charge is 0.369 e. The molecule has 0 radical (unpaired) electrons. The van der Waals surface area contributed by atoms with Crippen LogP contribution in [-0.2, 0) is 6.54 Å². The van der Waals surface area contributed by atoms with Gasteiger partial charge in [-0.2, -0.15) is 0 Å². The maximum atomic E-state index is 5.42. The van der Waals surface area contributed by atoms with Crippen LogP contribution in [0.1, 0.15) is 16.8 Å². The van der Waals surface area contributed by atoms with Gasteiger partial charge in [-0.25, -0.2) is 0 Å². The number of aryl methyl sites for hydroxylation is 1. The van der Waals surface area contributed by atoms with Gasteiger partial charge in [0.1, 0.15) is 5.69 Å². The van der Waals surface area contributed by atoms with Crippen molar-refractivity contribution in [2.75, 3.05) is 31.1 Å². The first kappa shape index (κ1) is 15.2. The zero-order valence-electron chi connectivity index (χ0n) is 14.3. The summed E-state index contributed by atoms with van der Waals surface area (Å²) in [4.78, 5) is 4.96. The highest BCUT2D eigenvalue weighted by Gasteiger charge is 2.20. The van der Waals surface area contributed by atoms with E-state index in [4.69, 9.17) is 4.52 Å². The van der Waals surface area contributed by atoms with E-state index in [1.165, 1.54) is 16.8 Å². The molecule has 2 aromatic carbocycles. The van der Waals surface area contributed by atoms with E-state index < -0.39 is 0 Å². The van der Waals surface area contributed by atoms with Crippen LogP contribution in [0.3, 0.4) is 0 Å². The number of nitrogens with zero attached hydrogens (tertiary/aromatic N) is 3. The first-order valence-electron chi connectivity index (χ1n) is 8.59. The molecule has 1 saturated heterocycles. The molecule has 4 rings (SSSR count). The van der Waals surface area contributed by atoms with Crippen LogP contribution >= 0.6 is 0 Å². The molecule has 1 fully saturated rings. The Bertz CT molecular complexity index is 847. The lowest BCUT2D eigenvalue weighted by atomic mass is 10.1. The quantitative estimate of drug-likeness (QED) is 0.735. The van der Waals surface area contributed by atoms with E-state index in [-0.39, 0.29) is 0 Å². The number of para-hydroxylation sites is 1. The highest BCUT2D eigenvalue weighted by Crippen LogP contribution is 2.25. The number of hydrogen-bond acceptors (Lipinski definition) is 4. The van der Waals surface area contributed by atoms with Crippen molar-refractivity contribution in [2.24, 2.45) is 0 Å². The maximum absolute atomic E-state index is 5.42. The zero-order valence-corrected chi connectivity index (χ0v) is 14.3. The molecule has 0 N–H and O–H groups in total. The summed E-state index contributed by atoms with van der Waals surface area (Å²) in [5.41, 5.74) is 6.06. The minimum atomic E-state index is 0.859. The predicted octanol–water partition coefficient (Wildman–Crippen LogP) is 3.77. The Kier molecular flexibility index (Phi) is 3.98. The van der Waals surface area contributed by atoms with E-state index in [1.807, 2.05) is 18.2 Å². The topological polar surface area (TPSA) is 32.5 Å². The number of anilines is 1. The molecule has 1 aromatic heterocycles. The summed E-state index contributed by atoms with van der Waals surface area (Å²) in [5, 5.41) is 5.40. The third kappa shape index (κ3) is 2.78. The highest BCUT2D eigenvalue weighted by atomic mass is 16.5. The van der Waals surface area contributed by atoms with Crippen molar-refractivity contribution in [1.82, 2.24) is 10.1 Å². The summed E-state index contributed by atoms with van der Waals surface area (Å²) in [5.74, 6) is 0. The van der Waals surface area contributed by atoms with Crippen molar-refractivity contribution >= 4 is 16.7 Å². The van der Waals surface area contributed by atoms with Gasteiger partial charge in [-0.1, -0.05) is 29.4 Å². The van der Waals surface area contributed by atoms with Crippen LogP contribution in [-0.4, -0.2) is 36.2 Å². The number of benzene rings is 2. The van der Waals surface area contributed by atoms with Crippen LogP contribution in [0.2, 0.25) is 0 Å². The van der Waals surface area contributed by atoms with Gasteiger partial charge in [-0.05, 0) is 43.2 Å². The summed E-state index contributed by atoms with van der Waals surface area (Å²) in [6.45, 7) is 9.48. The Morgan fingerprint density at radius 3 is 2.58 bits per heavy atom. The van der Waals surface area contributed by atoms with Gasteiger partial charge in [0.2, 0.25) is 0 Å². The number of hydrogen-bond donors (Lipinski definition) is 0. The number of rotatable bonds is 3. The lowest BCUT2D eigenvalue weighted by Crippen LogP contribution is -2.46. The molecule has 0 bridgehead atoms. The molecule has 1 aliphatic rings. The van der Waals surface area contributed by atoms with Gasteiger partial charge in [0.15, 0.2) is 5.58 Å². The van der Waals surface area contributed by atoms with Crippen LogP contribution < -0.4 is 4.90 Å². The SMILES string of the molecule is Cc1cccc(N2CCN(Cc3noc4ccccc34)CC2)c1C. The molecule has 24 heavy (non-hydrogen) atoms. The van der Waals surface area contributed by atoms with Crippen LogP contribution in [0.25, 0.3) is 11.0 Å². The van der Waals surface area contributed by atoms with Gasteiger partial charge in [0, 0.05) is 43.8 Å². The van der Waals surface area contributed by atoms with Crippen molar-refractivity contribution in [2.45, 2.75) is 20.4 Å². The third-order valence-corrected chi connectivity index (χ3v) is 5.11. The van der Waals surface area contributed by atoms with E-state index >= 15 is 0 Å². The molecule has 0 spiro atoms. The van der Waals surface area contributed by atoms with Crippen LogP contribution in [0.15, 0.2) is 47.0 Å². The Hall–Kier alpha value is -2.33. The lowest BCUT2D eigenvalue weighted by molar-refractivity contribution is 0.243. The summed E-state index contributed by atoms with van der Waals surface area (Å²) in [6.07, 6.45) is 0. The minimum Gasteiger partial charge on any atom is -0.369 e. The molecular weight excluding hydrogens is 298 g/mol. The van der Waals surface area contributed by atoms with Crippen molar-refractivity contribution in [3.8, 4) is 0 Å². The van der Waals surface area contributed by atoms with Crippen LogP contribution in [0, 0.1) is 13.8 Å². The summed E-state index contributed by atoms with van der Waals surface area (Å²) in [7, 11) is 0. The second-order valence-corrected chi connectivity index (χ2v) is 6.61. The van der Waals surface area contributed by atoms with Crippen molar-refractivity contribution < 1.29 is 4.52 Å². The maximum Gasteiger partial charge on any atom is 0.167 e. The van der Waals surface area contributed by atoms with Gasteiger partial charge in [0.25, 0.3) is 0 Å². The van der Waals surface area contributed by atoms with E-state index in [9.17, 15) is 0 Å². The van der Waals surface area contributed by atoms with E-state index in [0.717, 1.165) is 49.4 Å². The first-order valence-corrected chi connectivity index (χ1v) is 8.59. The van der Waals surface area contributed by atoms with Crippen molar-refractivity contribution in [3.05, 3.63) is 59.3 Å². The molecule has 4 nitrogen and oxygen atoms in total. The summed E-state index contributed by atoms with van der Waals surface area (Å²) in [6, 6.07) is 14.7. The lowest BCUT2D eigenvalue weighted by Gasteiger charge is -2.36. The number of piperazine rings is 1. The molecule has 0 unspecified atom stereocenters. The van der Waals surface area contributed by atoms with Gasteiger partial charge < -0.3 is 9.42 Å². The highest BCUT2D eigenvalue weighted by molar-refractivity contribution is 5.79. The van der Waals surface area contributed by atoms with E-state index in [0.29, 0.717) is 0 Å². The Morgan fingerprint density at radius 1 is 0.958 bits per heavy atom. The first-order chi connectivity index (χ1) is 11.7. The molecule has 0 aliphatic carbocycles. The second-order valence-electron chi connectivity index (χ2n) is 6.61. The molecule has 1 aliphatic heterocycles. The monoisotopic (exact) mass is 321 g/mol. The second kappa shape index (κ2) is 6.29. The molecule has 0 atom stereocenters. The molecule has 4 heteroatoms. The standard InChI is InChI=1S/C20H23N3O/c1-15-6-5-8-19(16(15)2)23-12-10-22(11-13-23)14-18-17-7-3-4-9-20(17)24-21-18/h3-9H,10-14H2,1-2H3. The molecular formula is C20H23N3O. The third-order valence-electron chi connectivity index (χ3n) is 5.11. The van der Waals surface area contributed by atoms with Gasteiger partial charge in [-0.15, -0.1) is 0 Å². The van der Waals surface area contributed by atoms with Crippen molar-refractivity contribution in [1.29, 1.82) is 0 Å². The average Bonchev–Trinajstić information content (AvgIpc) is 3.01. The smallest absolute Gasteiger partial charge is 0.167 e. The van der Waals surface area contributed by atoms with Gasteiger partial charge in [-0.3, -0.25) is 4.90 Å². The molecule has 0 saturated carbocycles. The van der Waals surface area contributed by atoms with Gasteiger partial charge in [0.05, 0.1) is 0 Å². The molecule has 3 aromatic rings. The predicted molar refractivity (Wildman–Crippen MR) is 97.4 cm³/mol. The van der Waals surface area contributed by atoms with Crippen molar-refractivity contribution in [3.63, 3.8) is 0 Å². The van der Waals surface area contributed by atoms with Crippen LogP contribution in [0.5, 0.6) is 0 Å². The van der Waals surface area contributed by atoms with Crippen LogP contribution in [0.4, 0.5) is 5.69 Å². The van der Waals surface area contributed by atoms with E-state index in [2.05, 4.69) is 53.1 Å². The fraction of sp³-hybridized carbons (Fsp3) is 0.350. The Balaban J connectivity index is 1.44. The molecule has 2 heterocycles. The fourth-order valence-electron chi connectivity index (χ4n) is 3.49.